The summed E-state index contributed by atoms with van der Waals surface area (Å²) in [5, 5.41) is 3.44. The molecule has 0 radical (unpaired) electrons. The third-order valence-corrected chi connectivity index (χ3v) is 4.07. The second-order valence-electron chi connectivity index (χ2n) is 5.65. The first kappa shape index (κ1) is 13.9. The number of nitrogens with one attached hydrogen (secondary N) is 1. The summed E-state index contributed by atoms with van der Waals surface area (Å²) < 4.78 is 13.6. The first-order valence-electron chi connectivity index (χ1n) is 7.57. The Morgan fingerprint density at radius 1 is 1.10 bits per heavy atom. The van der Waals surface area contributed by atoms with Crippen LogP contribution in [0.1, 0.15) is 24.0 Å². The largest absolute Gasteiger partial charge is 0.379 e. The number of para-hydroxylation sites is 2. The van der Waals surface area contributed by atoms with Crippen molar-refractivity contribution in [2.24, 2.45) is 0 Å². The Hall–Kier alpha value is -2.03. The summed E-state index contributed by atoms with van der Waals surface area (Å²) in [5.74, 6) is -0.137. The van der Waals surface area contributed by atoms with Gasteiger partial charge in [-0.15, -0.1) is 0 Å². The van der Waals surface area contributed by atoms with Gasteiger partial charge >= 0.3 is 0 Å². The summed E-state index contributed by atoms with van der Waals surface area (Å²) in [7, 11) is 0. The molecule has 3 rings (SSSR count). The van der Waals surface area contributed by atoms with Crippen molar-refractivity contribution in [3.8, 4) is 0 Å². The van der Waals surface area contributed by atoms with E-state index in [0.29, 0.717) is 12.1 Å². The van der Waals surface area contributed by atoms with Crippen molar-refractivity contribution in [2.75, 3.05) is 23.3 Å². The highest BCUT2D eigenvalue weighted by atomic mass is 19.1. The summed E-state index contributed by atoms with van der Waals surface area (Å²) in [6, 6.07) is 13.8. The third-order valence-electron chi connectivity index (χ3n) is 4.07. The normalized spacial score (nSPS) is 14.5. The predicted octanol–water partition coefficient (Wildman–Crippen LogP) is 4.35. The topological polar surface area (TPSA) is 15.3 Å². The van der Waals surface area contributed by atoms with E-state index < -0.39 is 0 Å². The van der Waals surface area contributed by atoms with Gasteiger partial charge in [0.05, 0.1) is 11.4 Å². The lowest BCUT2D eigenvalue weighted by molar-refractivity contribution is 0.616. The quantitative estimate of drug-likeness (QED) is 0.898. The van der Waals surface area contributed by atoms with E-state index in [0.717, 1.165) is 24.3 Å². The molecule has 0 aliphatic carbocycles. The summed E-state index contributed by atoms with van der Waals surface area (Å²) in [5.41, 5.74) is 4.04. The number of hydrogen-bond acceptors (Lipinski definition) is 2. The Bertz CT molecular complexity index is 618. The molecule has 1 saturated heterocycles. The maximum absolute atomic E-state index is 13.6. The number of nitrogens with zero attached hydrogens (tertiary/aromatic N) is 1. The zero-order chi connectivity index (χ0) is 14.7. The van der Waals surface area contributed by atoms with Crippen molar-refractivity contribution >= 4 is 11.4 Å². The fourth-order valence-electron chi connectivity index (χ4n) is 2.80. The van der Waals surface area contributed by atoms with Gasteiger partial charge in [0.2, 0.25) is 0 Å². The Labute approximate surface area is 125 Å². The highest BCUT2D eigenvalue weighted by molar-refractivity contribution is 5.70. The third kappa shape index (κ3) is 3.18. The van der Waals surface area contributed by atoms with Crippen molar-refractivity contribution in [2.45, 2.75) is 26.3 Å². The predicted molar refractivity (Wildman–Crippen MR) is 86.4 cm³/mol. The molecule has 21 heavy (non-hydrogen) atoms. The second kappa shape index (κ2) is 6.17. The van der Waals surface area contributed by atoms with Crippen LogP contribution in [-0.4, -0.2) is 13.1 Å². The zero-order valence-corrected chi connectivity index (χ0v) is 12.4. The molecular formula is C18H21FN2. The average Bonchev–Trinajstić information content (AvgIpc) is 3.03. The van der Waals surface area contributed by atoms with Crippen molar-refractivity contribution < 1.29 is 4.39 Å². The molecule has 110 valence electrons. The van der Waals surface area contributed by atoms with Crippen LogP contribution < -0.4 is 10.2 Å². The molecule has 0 amide bonds. The van der Waals surface area contributed by atoms with Gasteiger partial charge in [-0.05, 0) is 49.1 Å². The van der Waals surface area contributed by atoms with Crippen LogP contribution in [0.25, 0.3) is 0 Å². The van der Waals surface area contributed by atoms with Gasteiger partial charge in [-0.25, -0.2) is 4.39 Å². The van der Waals surface area contributed by atoms with E-state index in [1.807, 2.05) is 18.2 Å². The standard InChI is InChI=1S/C18H21FN2/c1-14-8-9-15(12-16(14)19)13-20-17-6-2-3-7-18(17)21-10-4-5-11-21/h2-3,6-9,12,20H,4-5,10-11,13H2,1H3. The average molecular weight is 284 g/mol. The molecule has 0 saturated carbocycles. The molecule has 1 fully saturated rings. The number of benzene rings is 2. The van der Waals surface area contributed by atoms with E-state index >= 15 is 0 Å². The molecule has 0 aromatic heterocycles. The molecule has 0 spiro atoms. The molecule has 0 unspecified atom stereocenters. The van der Waals surface area contributed by atoms with E-state index in [-0.39, 0.29) is 5.82 Å². The van der Waals surface area contributed by atoms with Gasteiger partial charge in [0, 0.05) is 19.6 Å². The first-order chi connectivity index (χ1) is 10.2. The molecule has 1 aliphatic heterocycles. The fourth-order valence-corrected chi connectivity index (χ4v) is 2.80. The van der Waals surface area contributed by atoms with Crippen LogP contribution in [0.15, 0.2) is 42.5 Å². The summed E-state index contributed by atoms with van der Waals surface area (Å²) in [6.07, 6.45) is 2.52. The summed E-state index contributed by atoms with van der Waals surface area (Å²) in [4.78, 5) is 2.41. The maximum atomic E-state index is 13.6. The molecule has 2 aromatic rings. The van der Waals surface area contributed by atoms with Gasteiger partial charge in [0.1, 0.15) is 5.82 Å². The number of halogens is 1. The second-order valence-corrected chi connectivity index (χ2v) is 5.65. The first-order valence-corrected chi connectivity index (χ1v) is 7.57. The minimum absolute atomic E-state index is 0.137. The van der Waals surface area contributed by atoms with E-state index in [9.17, 15) is 4.39 Å². The van der Waals surface area contributed by atoms with Gasteiger partial charge in [-0.3, -0.25) is 0 Å². The zero-order valence-electron chi connectivity index (χ0n) is 12.4. The highest BCUT2D eigenvalue weighted by Gasteiger charge is 2.15. The van der Waals surface area contributed by atoms with E-state index in [4.69, 9.17) is 0 Å². The van der Waals surface area contributed by atoms with Crippen molar-refractivity contribution in [3.63, 3.8) is 0 Å². The molecule has 0 atom stereocenters. The Morgan fingerprint density at radius 3 is 2.62 bits per heavy atom. The van der Waals surface area contributed by atoms with Crippen LogP contribution in [0.3, 0.4) is 0 Å². The number of rotatable bonds is 4. The number of hydrogen-bond donors (Lipinski definition) is 1. The molecule has 2 nitrogen and oxygen atoms in total. The van der Waals surface area contributed by atoms with Crippen LogP contribution in [0.2, 0.25) is 0 Å². The Balaban J connectivity index is 1.74. The maximum Gasteiger partial charge on any atom is 0.126 e. The Kier molecular flexibility index (Phi) is 4.09. The SMILES string of the molecule is Cc1ccc(CNc2ccccc2N2CCCC2)cc1F. The lowest BCUT2D eigenvalue weighted by atomic mass is 10.1. The monoisotopic (exact) mass is 284 g/mol. The molecule has 1 aliphatic rings. The van der Waals surface area contributed by atoms with E-state index in [1.165, 1.54) is 18.5 Å². The lowest BCUT2D eigenvalue weighted by Gasteiger charge is -2.22. The highest BCUT2D eigenvalue weighted by Crippen LogP contribution is 2.29. The van der Waals surface area contributed by atoms with Crippen LogP contribution >= 0.6 is 0 Å². The molecular weight excluding hydrogens is 263 g/mol. The Morgan fingerprint density at radius 2 is 1.86 bits per heavy atom. The molecule has 0 bridgehead atoms. The summed E-state index contributed by atoms with van der Waals surface area (Å²) >= 11 is 0. The molecule has 1 heterocycles. The lowest BCUT2D eigenvalue weighted by Crippen LogP contribution is -2.19. The van der Waals surface area contributed by atoms with Gasteiger partial charge < -0.3 is 10.2 Å². The van der Waals surface area contributed by atoms with Crippen LogP contribution in [-0.2, 0) is 6.54 Å². The van der Waals surface area contributed by atoms with Crippen LogP contribution in [0, 0.1) is 12.7 Å². The van der Waals surface area contributed by atoms with Crippen molar-refractivity contribution in [1.29, 1.82) is 0 Å². The van der Waals surface area contributed by atoms with E-state index in [2.05, 4.69) is 28.4 Å². The van der Waals surface area contributed by atoms with Crippen LogP contribution in [0.5, 0.6) is 0 Å². The molecule has 2 aromatic carbocycles. The molecule has 3 heteroatoms. The summed E-state index contributed by atoms with van der Waals surface area (Å²) in [6.45, 7) is 4.67. The van der Waals surface area contributed by atoms with Crippen molar-refractivity contribution in [1.82, 2.24) is 0 Å². The van der Waals surface area contributed by atoms with Crippen molar-refractivity contribution in [3.05, 3.63) is 59.4 Å². The van der Waals surface area contributed by atoms with Crippen LogP contribution in [0.4, 0.5) is 15.8 Å². The van der Waals surface area contributed by atoms with E-state index in [1.54, 1.807) is 13.0 Å². The molecule has 1 N–H and O–H groups in total. The smallest absolute Gasteiger partial charge is 0.126 e. The van der Waals surface area contributed by atoms with Gasteiger partial charge in [0.15, 0.2) is 0 Å². The minimum atomic E-state index is -0.137. The number of anilines is 2. The fraction of sp³-hybridized carbons (Fsp3) is 0.333. The van der Waals surface area contributed by atoms with Gasteiger partial charge in [0.25, 0.3) is 0 Å². The minimum Gasteiger partial charge on any atom is -0.379 e. The van der Waals surface area contributed by atoms with Gasteiger partial charge in [-0.1, -0.05) is 24.3 Å². The van der Waals surface area contributed by atoms with Gasteiger partial charge in [-0.2, -0.15) is 0 Å². The number of aryl methyl sites for hydroxylation is 1.